The first-order valence-electron chi connectivity index (χ1n) is 7.44. The van der Waals surface area contributed by atoms with Gasteiger partial charge in [-0.2, -0.15) is 0 Å². The van der Waals surface area contributed by atoms with Crippen LogP contribution in [0.15, 0.2) is 18.2 Å². The Hall–Kier alpha value is -1.09. The lowest BCUT2D eigenvalue weighted by atomic mass is 9.86. The van der Waals surface area contributed by atoms with E-state index in [-0.39, 0.29) is 17.3 Å². The first-order valence-corrected chi connectivity index (χ1v) is 7.44. The number of rotatable bonds is 5. The molecule has 2 nitrogen and oxygen atoms in total. The molecule has 1 N–H and O–H groups in total. The van der Waals surface area contributed by atoms with E-state index in [1.807, 2.05) is 27.0 Å². The Morgan fingerprint density at radius 3 is 2.35 bits per heavy atom. The third kappa shape index (κ3) is 3.72. The van der Waals surface area contributed by atoms with E-state index in [0.717, 1.165) is 17.8 Å². The van der Waals surface area contributed by atoms with Crippen LogP contribution in [0, 0.1) is 11.2 Å². The SMILES string of the molecule is CCNC(C)c1c(F)cccc1N(C)C(C)C(C)(C)C. The zero-order valence-electron chi connectivity index (χ0n) is 13.9. The van der Waals surface area contributed by atoms with Crippen LogP contribution in [0.3, 0.4) is 0 Å². The van der Waals surface area contributed by atoms with Crippen LogP contribution < -0.4 is 10.2 Å². The van der Waals surface area contributed by atoms with Crippen LogP contribution in [0.1, 0.15) is 53.1 Å². The van der Waals surface area contributed by atoms with Gasteiger partial charge in [0.05, 0.1) is 0 Å². The van der Waals surface area contributed by atoms with Crippen molar-refractivity contribution < 1.29 is 4.39 Å². The van der Waals surface area contributed by atoms with Crippen LogP contribution in [0.25, 0.3) is 0 Å². The van der Waals surface area contributed by atoms with Crippen LogP contribution >= 0.6 is 0 Å². The molecule has 0 saturated carbocycles. The minimum atomic E-state index is -0.135. The zero-order chi connectivity index (χ0) is 15.5. The molecule has 114 valence electrons. The molecule has 1 aromatic rings. The van der Waals surface area contributed by atoms with Crippen molar-refractivity contribution in [3.63, 3.8) is 0 Å². The standard InChI is InChI=1S/C17H29FN2/c1-8-19-12(2)16-14(18)10-9-11-15(16)20(7)13(3)17(4,5)6/h9-13,19H,8H2,1-7H3. The maximum Gasteiger partial charge on any atom is 0.130 e. The number of nitrogens with zero attached hydrogens (tertiary/aromatic N) is 1. The second kappa shape index (κ2) is 6.57. The van der Waals surface area contributed by atoms with Gasteiger partial charge >= 0.3 is 0 Å². The molecule has 0 amide bonds. The summed E-state index contributed by atoms with van der Waals surface area (Å²) in [7, 11) is 2.05. The molecule has 0 bridgehead atoms. The molecule has 2 atom stereocenters. The minimum Gasteiger partial charge on any atom is -0.371 e. The van der Waals surface area contributed by atoms with Gasteiger partial charge in [-0.15, -0.1) is 0 Å². The highest BCUT2D eigenvalue weighted by molar-refractivity contribution is 5.56. The molecule has 0 aromatic heterocycles. The van der Waals surface area contributed by atoms with E-state index in [0.29, 0.717) is 6.04 Å². The lowest BCUT2D eigenvalue weighted by molar-refractivity contribution is 0.329. The van der Waals surface area contributed by atoms with Gasteiger partial charge in [-0.05, 0) is 37.9 Å². The summed E-state index contributed by atoms with van der Waals surface area (Å²) in [4.78, 5) is 2.19. The maximum atomic E-state index is 14.3. The smallest absolute Gasteiger partial charge is 0.130 e. The average Bonchev–Trinajstić information content (AvgIpc) is 2.35. The summed E-state index contributed by atoms with van der Waals surface area (Å²) in [5, 5.41) is 3.31. The van der Waals surface area contributed by atoms with E-state index in [2.05, 4.69) is 37.9 Å². The molecule has 3 heteroatoms. The number of halogens is 1. The second-order valence-corrected chi connectivity index (χ2v) is 6.60. The molecule has 2 unspecified atom stereocenters. The van der Waals surface area contributed by atoms with Crippen molar-refractivity contribution in [3.05, 3.63) is 29.6 Å². The fourth-order valence-corrected chi connectivity index (χ4v) is 2.46. The summed E-state index contributed by atoms with van der Waals surface area (Å²) < 4.78 is 14.3. The molecular formula is C17H29FN2. The topological polar surface area (TPSA) is 15.3 Å². The highest BCUT2D eigenvalue weighted by atomic mass is 19.1. The fourth-order valence-electron chi connectivity index (χ4n) is 2.46. The van der Waals surface area contributed by atoms with Crippen molar-refractivity contribution in [2.45, 2.75) is 53.6 Å². The molecule has 0 fully saturated rings. The summed E-state index contributed by atoms with van der Waals surface area (Å²) in [5.41, 5.74) is 1.87. The van der Waals surface area contributed by atoms with Crippen molar-refractivity contribution in [2.24, 2.45) is 5.41 Å². The molecule has 0 aliphatic heterocycles. The van der Waals surface area contributed by atoms with E-state index in [1.165, 1.54) is 0 Å². The summed E-state index contributed by atoms with van der Waals surface area (Å²) in [6, 6.07) is 5.66. The van der Waals surface area contributed by atoms with Crippen LogP contribution in [-0.4, -0.2) is 19.6 Å². The lowest BCUT2D eigenvalue weighted by Gasteiger charge is -2.38. The van der Waals surface area contributed by atoms with Crippen molar-refractivity contribution in [1.29, 1.82) is 0 Å². The molecule has 0 radical (unpaired) electrons. The molecule has 0 aliphatic carbocycles. The van der Waals surface area contributed by atoms with Crippen LogP contribution in [0.2, 0.25) is 0 Å². The van der Waals surface area contributed by atoms with Crippen molar-refractivity contribution in [1.82, 2.24) is 5.32 Å². The van der Waals surface area contributed by atoms with Gasteiger partial charge in [0.1, 0.15) is 5.82 Å². The van der Waals surface area contributed by atoms with Crippen molar-refractivity contribution in [3.8, 4) is 0 Å². The quantitative estimate of drug-likeness (QED) is 0.861. The second-order valence-electron chi connectivity index (χ2n) is 6.60. The molecular weight excluding hydrogens is 251 g/mol. The van der Waals surface area contributed by atoms with Crippen molar-refractivity contribution >= 4 is 5.69 Å². The Morgan fingerprint density at radius 2 is 1.85 bits per heavy atom. The van der Waals surface area contributed by atoms with Crippen LogP contribution in [0.4, 0.5) is 10.1 Å². The average molecular weight is 280 g/mol. The van der Waals surface area contributed by atoms with Gasteiger partial charge in [-0.1, -0.05) is 33.8 Å². The lowest BCUT2D eigenvalue weighted by Crippen LogP contribution is -2.40. The molecule has 0 saturated heterocycles. The molecule has 0 spiro atoms. The van der Waals surface area contributed by atoms with Gasteiger partial charge in [-0.3, -0.25) is 0 Å². The van der Waals surface area contributed by atoms with Gasteiger partial charge in [0.25, 0.3) is 0 Å². The van der Waals surface area contributed by atoms with E-state index in [4.69, 9.17) is 0 Å². The Bertz CT molecular complexity index is 437. The Balaban J connectivity index is 3.21. The third-order valence-corrected chi connectivity index (χ3v) is 4.19. The van der Waals surface area contributed by atoms with Crippen LogP contribution in [0.5, 0.6) is 0 Å². The number of hydrogen-bond donors (Lipinski definition) is 1. The highest BCUT2D eigenvalue weighted by Gasteiger charge is 2.27. The molecule has 1 aromatic carbocycles. The predicted octanol–water partition coefficient (Wildman–Crippen LogP) is 4.37. The number of benzene rings is 1. The van der Waals surface area contributed by atoms with Gasteiger partial charge in [0.15, 0.2) is 0 Å². The number of anilines is 1. The monoisotopic (exact) mass is 280 g/mol. The van der Waals surface area contributed by atoms with E-state index >= 15 is 0 Å². The van der Waals surface area contributed by atoms with E-state index < -0.39 is 0 Å². The number of hydrogen-bond acceptors (Lipinski definition) is 2. The fraction of sp³-hybridized carbons (Fsp3) is 0.647. The maximum absolute atomic E-state index is 14.3. The third-order valence-electron chi connectivity index (χ3n) is 4.19. The first-order chi connectivity index (χ1) is 9.20. The van der Waals surface area contributed by atoms with Gasteiger partial charge < -0.3 is 10.2 Å². The van der Waals surface area contributed by atoms with Crippen LogP contribution in [-0.2, 0) is 0 Å². The summed E-state index contributed by atoms with van der Waals surface area (Å²) in [6.07, 6.45) is 0. The molecule has 20 heavy (non-hydrogen) atoms. The summed E-state index contributed by atoms with van der Waals surface area (Å²) in [5.74, 6) is -0.135. The molecule has 0 heterocycles. The molecule has 1 rings (SSSR count). The molecule has 0 aliphatic rings. The Morgan fingerprint density at radius 1 is 1.25 bits per heavy atom. The first kappa shape index (κ1) is 17.0. The van der Waals surface area contributed by atoms with E-state index in [9.17, 15) is 4.39 Å². The van der Waals surface area contributed by atoms with E-state index in [1.54, 1.807) is 12.1 Å². The van der Waals surface area contributed by atoms with Gasteiger partial charge in [0, 0.05) is 30.4 Å². The Labute approximate surface area is 123 Å². The minimum absolute atomic E-state index is 0.00539. The number of nitrogens with one attached hydrogen (secondary N) is 1. The predicted molar refractivity (Wildman–Crippen MR) is 85.8 cm³/mol. The van der Waals surface area contributed by atoms with Gasteiger partial charge in [-0.25, -0.2) is 4.39 Å². The normalized spacial score (nSPS) is 15.0. The zero-order valence-corrected chi connectivity index (χ0v) is 13.9. The van der Waals surface area contributed by atoms with Crippen molar-refractivity contribution in [2.75, 3.05) is 18.5 Å². The summed E-state index contributed by atoms with van der Waals surface area (Å²) in [6.45, 7) is 13.7. The Kier molecular flexibility index (Phi) is 5.58. The summed E-state index contributed by atoms with van der Waals surface area (Å²) >= 11 is 0. The highest BCUT2D eigenvalue weighted by Crippen LogP contribution is 2.33. The van der Waals surface area contributed by atoms with Gasteiger partial charge in [0.2, 0.25) is 0 Å². The largest absolute Gasteiger partial charge is 0.371 e.